The minimum absolute atomic E-state index is 0.104. The second-order valence-electron chi connectivity index (χ2n) is 6.76. The predicted molar refractivity (Wildman–Crippen MR) is 83.1 cm³/mol. The van der Waals surface area contributed by atoms with Crippen LogP contribution in [0.3, 0.4) is 0 Å². The smallest absolute Gasteiger partial charge is 0.236 e. The van der Waals surface area contributed by atoms with Crippen LogP contribution in [0.25, 0.3) is 0 Å². The van der Waals surface area contributed by atoms with Gasteiger partial charge in [0.05, 0.1) is 6.04 Å². The maximum absolute atomic E-state index is 11.9. The third kappa shape index (κ3) is 8.25. The summed E-state index contributed by atoms with van der Waals surface area (Å²) in [5.74, 6) is 2.65. The van der Waals surface area contributed by atoms with Gasteiger partial charge in [0.2, 0.25) is 5.91 Å². The highest BCUT2D eigenvalue weighted by Crippen LogP contribution is 2.19. The molecule has 19 heavy (non-hydrogen) atoms. The quantitative estimate of drug-likeness (QED) is 0.676. The zero-order valence-electron chi connectivity index (χ0n) is 13.9. The Balaban J connectivity index is 4.01. The van der Waals surface area contributed by atoms with E-state index in [1.807, 2.05) is 6.92 Å². The monoisotopic (exact) mass is 270 g/mol. The zero-order valence-corrected chi connectivity index (χ0v) is 13.9. The molecule has 3 heteroatoms. The summed E-state index contributed by atoms with van der Waals surface area (Å²) < 4.78 is 0. The third-order valence-electron chi connectivity index (χ3n) is 3.79. The van der Waals surface area contributed by atoms with Crippen LogP contribution in [0.4, 0.5) is 0 Å². The standard InChI is InChI=1S/C16H34N2O/c1-11(2)8-9-17-16(19)14(7)18-10-15(12(3)4)13(5)6/h11-15,18H,8-10H2,1-7H3,(H,17,19). The van der Waals surface area contributed by atoms with Gasteiger partial charge in [-0.05, 0) is 43.6 Å². The molecule has 0 saturated heterocycles. The molecule has 0 aromatic carbocycles. The van der Waals surface area contributed by atoms with Gasteiger partial charge in [-0.3, -0.25) is 4.79 Å². The summed E-state index contributed by atoms with van der Waals surface area (Å²) in [5, 5.41) is 6.37. The van der Waals surface area contributed by atoms with Crippen molar-refractivity contribution in [3.05, 3.63) is 0 Å². The van der Waals surface area contributed by atoms with E-state index in [-0.39, 0.29) is 11.9 Å². The summed E-state index contributed by atoms with van der Waals surface area (Å²) in [4.78, 5) is 11.9. The van der Waals surface area contributed by atoms with E-state index in [2.05, 4.69) is 52.2 Å². The van der Waals surface area contributed by atoms with Crippen molar-refractivity contribution in [1.82, 2.24) is 10.6 Å². The van der Waals surface area contributed by atoms with Gasteiger partial charge in [0.1, 0.15) is 0 Å². The maximum atomic E-state index is 11.9. The molecule has 0 bridgehead atoms. The van der Waals surface area contributed by atoms with Crippen LogP contribution in [0, 0.1) is 23.7 Å². The normalized spacial score (nSPS) is 13.6. The number of nitrogens with one attached hydrogen (secondary N) is 2. The largest absolute Gasteiger partial charge is 0.355 e. The Morgan fingerprint density at radius 3 is 1.89 bits per heavy atom. The third-order valence-corrected chi connectivity index (χ3v) is 3.79. The van der Waals surface area contributed by atoms with Crippen LogP contribution >= 0.6 is 0 Å². The van der Waals surface area contributed by atoms with Crippen molar-refractivity contribution in [3.8, 4) is 0 Å². The Hall–Kier alpha value is -0.570. The molecule has 0 rings (SSSR count). The summed E-state index contributed by atoms with van der Waals surface area (Å²) >= 11 is 0. The Morgan fingerprint density at radius 2 is 1.47 bits per heavy atom. The number of carbonyl (C=O) groups excluding carboxylic acids is 1. The Labute approximate surface area is 119 Å². The molecule has 0 aromatic rings. The van der Waals surface area contributed by atoms with Crippen molar-refractivity contribution in [2.24, 2.45) is 23.7 Å². The van der Waals surface area contributed by atoms with Crippen LogP contribution in [-0.2, 0) is 4.79 Å². The molecule has 0 aliphatic carbocycles. The van der Waals surface area contributed by atoms with Gasteiger partial charge in [-0.2, -0.15) is 0 Å². The molecule has 1 amide bonds. The van der Waals surface area contributed by atoms with Gasteiger partial charge < -0.3 is 10.6 Å². The van der Waals surface area contributed by atoms with E-state index in [0.717, 1.165) is 19.5 Å². The van der Waals surface area contributed by atoms with E-state index in [1.54, 1.807) is 0 Å². The van der Waals surface area contributed by atoms with Crippen LogP contribution in [0.2, 0.25) is 0 Å². The van der Waals surface area contributed by atoms with Gasteiger partial charge in [-0.25, -0.2) is 0 Å². The van der Waals surface area contributed by atoms with E-state index in [9.17, 15) is 4.79 Å². The molecule has 0 heterocycles. The predicted octanol–water partition coefficient (Wildman–Crippen LogP) is 3.06. The van der Waals surface area contributed by atoms with Crippen molar-refractivity contribution < 1.29 is 4.79 Å². The Morgan fingerprint density at radius 1 is 0.947 bits per heavy atom. The van der Waals surface area contributed by atoms with Crippen LogP contribution in [-0.4, -0.2) is 25.0 Å². The van der Waals surface area contributed by atoms with E-state index in [0.29, 0.717) is 23.7 Å². The molecule has 0 aliphatic rings. The Kier molecular flexibility index (Phi) is 9.07. The first-order valence-corrected chi connectivity index (χ1v) is 7.76. The lowest BCUT2D eigenvalue weighted by Gasteiger charge is -2.26. The average molecular weight is 270 g/mol. The van der Waals surface area contributed by atoms with Crippen molar-refractivity contribution in [1.29, 1.82) is 0 Å². The average Bonchev–Trinajstić information content (AvgIpc) is 2.27. The van der Waals surface area contributed by atoms with Gasteiger partial charge in [-0.1, -0.05) is 41.5 Å². The second-order valence-corrected chi connectivity index (χ2v) is 6.76. The van der Waals surface area contributed by atoms with Gasteiger partial charge >= 0.3 is 0 Å². The first kappa shape index (κ1) is 18.4. The lowest BCUT2D eigenvalue weighted by atomic mass is 9.85. The van der Waals surface area contributed by atoms with Crippen LogP contribution in [0.15, 0.2) is 0 Å². The summed E-state index contributed by atoms with van der Waals surface area (Å²) in [6.07, 6.45) is 1.04. The van der Waals surface area contributed by atoms with E-state index in [1.165, 1.54) is 0 Å². The molecule has 1 atom stereocenters. The molecule has 2 N–H and O–H groups in total. The fourth-order valence-corrected chi connectivity index (χ4v) is 2.28. The molecule has 1 unspecified atom stereocenters. The molecular weight excluding hydrogens is 236 g/mol. The minimum Gasteiger partial charge on any atom is -0.355 e. The number of amides is 1. The summed E-state index contributed by atoms with van der Waals surface area (Å²) in [6.45, 7) is 17.0. The minimum atomic E-state index is -0.104. The second kappa shape index (κ2) is 9.35. The van der Waals surface area contributed by atoms with Gasteiger partial charge in [0.25, 0.3) is 0 Å². The van der Waals surface area contributed by atoms with E-state index >= 15 is 0 Å². The molecule has 0 radical (unpaired) electrons. The molecule has 3 nitrogen and oxygen atoms in total. The SMILES string of the molecule is CC(C)CCNC(=O)C(C)NCC(C(C)C)C(C)C. The van der Waals surface area contributed by atoms with E-state index < -0.39 is 0 Å². The molecule has 114 valence electrons. The summed E-state index contributed by atoms with van der Waals surface area (Å²) in [7, 11) is 0. The van der Waals surface area contributed by atoms with Crippen molar-refractivity contribution in [2.75, 3.05) is 13.1 Å². The topological polar surface area (TPSA) is 41.1 Å². The lowest BCUT2D eigenvalue weighted by molar-refractivity contribution is -0.122. The van der Waals surface area contributed by atoms with Gasteiger partial charge in [-0.15, -0.1) is 0 Å². The van der Waals surface area contributed by atoms with Crippen molar-refractivity contribution in [3.63, 3.8) is 0 Å². The summed E-state index contributed by atoms with van der Waals surface area (Å²) in [6, 6.07) is -0.104. The highest BCUT2D eigenvalue weighted by Gasteiger charge is 2.19. The number of rotatable bonds is 9. The van der Waals surface area contributed by atoms with Crippen molar-refractivity contribution in [2.45, 2.75) is 60.9 Å². The highest BCUT2D eigenvalue weighted by molar-refractivity contribution is 5.81. The number of hydrogen-bond acceptors (Lipinski definition) is 2. The van der Waals surface area contributed by atoms with Crippen LogP contribution in [0.1, 0.15) is 54.9 Å². The number of carbonyl (C=O) groups is 1. The van der Waals surface area contributed by atoms with Crippen LogP contribution in [0.5, 0.6) is 0 Å². The van der Waals surface area contributed by atoms with Gasteiger partial charge in [0, 0.05) is 6.54 Å². The lowest BCUT2D eigenvalue weighted by Crippen LogP contribution is -2.45. The fraction of sp³-hybridized carbons (Fsp3) is 0.938. The molecule has 0 saturated carbocycles. The van der Waals surface area contributed by atoms with Crippen molar-refractivity contribution >= 4 is 5.91 Å². The molecule has 0 aliphatic heterocycles. The molecular formula is C16H34N2O. The van der Waals surface area contributed by atoms with Gasteiger partial charge in [0.15, 0.2) is 0 Å². The first-order valence-electron chi connectivity index (χ1n) is 7.76. The first-order chi connectivity index (χ1) is 8.75. The molecule has 0 fully saturated rings. The summed E-state index contributed by atoms with van der Waals surface area (Å²) in [5.41, 5.74) is 0. The highest BCUT2D eigenvalue weighted by atomic mass is 16.2. The fourth-order valence-electron chi connectivity index (χ4n) is 2.28. The Bertz CT molecular complexity index is 241. The van der Waals surface area contributed by atoms with E-state index in [4.69, 9.17) is 0 Å². The maximum Gasteiger partial charge on any atom is 0.236 e. The molecule has 0 aromatic heterocycles. The van der Waals surface area contributed by atoms with Crippen LogP contribution < -0.4 is 10.6 Å². The molecule has 0 spiro atoms. The zero-order chi connectivity index (χ0) is 15.0. The number of hydrogen-bond donors (Lipinski definition) is 2.